The fourth-order valence-electron chi connectivity index (χ4n) is 3.23. The van der Waals surface area contributed by atoms with E-state index >= 15 is 0 Å². The summed E-state index contributed by atoms with van der Waals surface area (Å²) in [4.78, 5) is 16.5. The highest BCUT2D eigenvalue weighted by Crippen LogP contribution is 2.33. The Morgan fingerprint density at radius 3 is 2.36 bits per heavy atom. The van der Waals surface area contributed by atoms with Gasteiger partial charge in [-0.25, -0.2) is 0 Å². The van der Waals surface area contributed by atoms with Crippen molar-refractivity contribution in [1.82, 2.24) is 14.7 Å². The summed E-state index contributed by atoms with van der Waals surface area (Å²) in [6, 6.07) is 5.87. The van der Waals surface area contributed by atoms with Gasteiger partial charge in [0.25, 0.3) is 5.92 Å². The Labute approximate surface area is 172 Å². The molecule has 0 atom stereocenters. The number of hydrogen-bond donors (Lipinski definition) is 0. The molecule has 0 bridgehead atoms. The van der Waals surface area contributed by atoms with Crippen molar-refractivity contribution in [1.29, 1.82) is 0 Å². The minimum Gasteiger partial charge on any atom is -0.368 e. The van der Waals surface area contributed by atoms with Crippen LogP contribution in [0.25, 0.3) is 0 Å². The molecule has 28 heavy (non-hydrogen) atoms. The highest BCUT2D eigenvalue weighted by molar-refractivity contribution is 6.32. The van der Waals surface area contributed by atoms with Crippen LogP contribution in [0.5, 0.6) is 0 Å². The quantitative estimate of drug-likeness (QED) is 0.727. The highest BCUT2D eigenvalue weighted by atomic mass is 35.5. The van der Waals surface area contributed by atoms with Crippen LogP contribution in [0.2, 0.25) is 10.0 Å². The topological polar surface area (TPSA) is 41.4 Å². The van der Waals surface area contributed by atoms with Gasteiger partial charge in [-0.05, 0) is 37.6 Å². The van der Waals surface area contributed by atoms with Crippen molar-refractivity contribution in [2.24, 2.45) is 0 Å². The van der Waals surface area contributed by atoms with E-state index in [1.54, 1.807) is 11.8 Å². The normalized spacial score (nSPS) is 15.2. The second-order valence-electron chi connectivity index (χ2n) is 7.10. The molecule has 0 unspecified atom stereocenters. The molecule has 1 fully saturated rings. The molecule has 1 aromatic heterocycles. The van der Waals surface area contributed by atoms with Crippen molar-refractivity contribution in [3.05, 3.63) is 45.2 Å². The third-order valence-corrected chi connectivity index (χ3v) is 5.85. The van der Waals surface area contributed by atoms with Crippen molar-refractivity contribution in [3.63, 3.8) is 0 Å². The van der Waals surface area contributed by atoms with E-state index in [4.69, 9.17) is 23.2 Å². The molecule has 152 valence electrons. The largest absolute Gasteiger partial charge is 0.368 e. The number of halogens is 4. The van der Waals surface area contributed by atoms with Crippen LogP contribution in [0.1, 0.15) is 23.9 Å². The van der Waals surface area contributed by atoms with Crippen molar-refractivity contribution >= 4 is 34.8 Å². The summed E-state index contributed by atoms with van der Waals surface area (Å²) < 4.78 is 28.4. The van der Waals surface area contributed by atoms with Gasteiger partial charge in [0.15, 0.2) is 0 Å². The lowest BCUT2D eigenvalue weighted by molar-refractivity contribution is -0.132. The zero-order chi connectivity index (χ0) is 20.6. The summed E-state index contributed by atoms with van der Waals surface area (Å²) in [5.74, 6) is -3.32. The van der Waals surface area contributed by atoms with Gasteiger partial charge in [0.1, 0.15) is 12.2 Å². The average Bonchev–Trinajstić information content (AvgIpc) is 2.92. The third-order valence-electron chi connectivity index (χ3n) is 4.97. The lowest BCUT2D eigenvalue weighted by atomic mass is 10.2. The first-order valence-corrected chi connectivity index (χ1v) is 9.73. The first kappa shape index (κ1) is 20.9. The first-order valence-electron chi connectivity index (χ1n) is 8.98. The molecule has 9 heteroatoms. The Balaban J connectivity index is 1.64. The number of carbonyl (C=O) groups is 1. The Hall–Kier alpha value is -1.86. The maximum absolute atomic E-state index is 13.6. The fraction of sp³-hybridized carbons (Fsp3) is 0.474. The number of alkyl halides is 2. The SMILES string of the molecule is Cc1cc(N2CCN(C(=O)Cn3nc(C(C)(F)F)c(Cl)c3C)CC2)ccc1Cl. The van der Waals surface area contributed by atoms with E-state index in [1.165, 1.54) is 4.68 Å². The second kappa shape index (κ2) is 7.87. The second-order valence-corrected chi connectivity index (χ2v) is 7.88. The minimum atomic E-state index is -3.15. The molecular formula is C19H22Cl2F2N4O. The Kier molecular flexibility index (Phi) is 5.87. The van der Waals surface area contributed by atoms with Crippen molar-refractivity contribution < 1.29 is 13.6 Å². The molecule has 0 radical (unpaired) electrons. The summed E-state index contributed by atoms with van der Waals surface area (Å²) in [6.07, 6.45) is 0. The molecule has 0 saturated carbocycles. The number of hydrogen-bond acceptors (Lipinski definition) is 3. The van der Waals surface area contributed by atoms with Gasteiger partial charge in [-0.2, -0.15) is 13.9 Å². The molecule has 3 rings (SSSR count). The zero-order valence-corrected chi connectivity index (χ0v) is 17.5. The molecular weight excluding hydrogens is 409 g/mol. The number of piperazine rings is 1. The molecule has 0 aliphatic carbocycles. The van der Waals surface area contributed by atoms with Gasteiger partial charge >= 0.3 is 0 Å². The van der Waals surface area contributed by atoms with Gasteiger partial charge in [-0.15, -0.1) is 0 Å². The van der Waals surface area contributed by atoms with Gasteiger partial charge in [-0.1, -0.05) is 23.2 Å². The smallest absolute Gasteiger partial charge is 0.290 e. The van der Waals surface area contributed by atoms with E-state index < -0.39 is 11.6 Å². The van der Waals surface area contributed by atoms with Crippen molar-refractivity contribution in [2.45, 2.75) is 33.2 Å². The third kappa shape index (κ3) is 4.25. The number of nitrogens with zero attached hydrogens (tertiary/aromatic N) is 4. The Bertz CT molecular complexity index is 887. The number of rotatable bonds is 4. The van der Waals surface area contributed by atoms with Crippen LogP contribution in [0, 0.1) is 13.8 Å². The van der Waals surface area contributed by atoms with Crippen LogP contribution < -0.4 is 4.90 Å². The van der Waals surface area contributed by atoms with Crippen LogP contribution in [-0.2, 0) is 17.3 Å². The van der Waals surface area contributed by atoms with E-state index in [1.807, 2.05) is 25.1 Å². The molecule has 5 nitrogen and oxygen atoms in total. The summed E-state index contributed by atoms with van der Waals surface area (Å²) in [5.41, 5.74) is 1.94. The standard InChI is InChI=1S/C19H22Cl2F2N4O/c1-12-10-14(4-5-15(12)20)25-6-8-26(9-7-25)16(28)11-27-13(2)17(21)18(24-27)19(3,22)23/h4-5,10H,6-9,11H2,1-3H3. The maximum Gasteiger partial charge on any atom is 0.290 e. The molecule has 1 aromatic carbocycles. The van der Waals surface area contributed by atoms with E-state index in [0.717, 1.165) is 23.2 Å². The van der Waals surface area contributed by atoms with Gasteiger partial charge in [0.2, 0.25) is 5.91 Å². The fourth-order valence-corrected chi connectivity index (χ4v) is 3.65. The van der Waals surface area contributed by atoms with Crippen molar-refractivity contribution in [2.75, 3.05) is 31.1 Å². The summed E-state index contributed by atoms with van der Waals surface area (Å²) in [6.45, 7) is 6.63. The van der Waals surface area contributed by atoms with Crippen LogP contribution in [0.15, 0.2) is 18.2 Å². The molecule has 1 saturated heterocycles. The van der Waals surface area contributed by atoms with Crippen LogP contribution in [0.4, 0.5) is 14.5 Å². The lowest BCUT2D eigenvalue weighted by Gasteiger charge is -2.36. The molecule has 1 amide bonds. The number of amides is 1. The molecule has 0 N–H and O–H groups in total. The molecule has 1 aliphatic rings. The number of aromatic nitrogens is 2. The van der Waals surface area contributed by atoms with Crippen LogP contribution in [-0.4, -0.2) is 46.8 Å². The number of benzene rings is 1. The summed E-state index contributed by atoms with van der Waals surface area (Å²) >= 11 is 12.1. The predicted octanol–water partition coefficient (Wildman–Crippen LogP) is 4.27. The van der Waals surface area contributed by atoms with Crippen LogP contribution in [0.3, 0.4) is 0 Å². The van der Waals surface area contributed by atoms with Gasteiger partial charge in [0.05, 0.1) is 10.7 Å². The van der Waals surface area contributed by atoms with Gasteiger partial charge in [0, 0.05) is 43.8 Å². The average molecular weight is 431 g/mol. The molecule has 0 spiro atoms. The highest BCUT2D eigenvalue weighted by Gasteiger charge is 2.33. The van der Waals surface area contributed by atoms with Gasteiger partial charge in [-0.3, -0.25) is 9.48 Å². The van der Waals surface area contributed by atoms with E-state index in [2.05, 4.69) is 10.00 Å². The lowest BCUT2D eigenvalue weighted by Crippen LogP contribution is -2.49. The Morgan fingerprint density at radius 1 is 1.18 bits per heavy atom. The molecule has 2 aromatic rings. The van der Waals surface area contributed by atoms with Crippen LogP contribution >= 0.6 is 23.2 Å². The summed E-state index contributed by atoms with van der Waals surface area (Å²) in [5, 5.41) is 4.49. The molecule has 1 aliphatic heterocycles. The predicted molar refractivity (Wildman–Crippen MR) is 107 cm³/mol. The number of carbonyl (C=O) groups excluding carboxylic acids is 1. The minimum absolute atomic E-state index is 0.0942. The number of anilines is 1. The van der Waals surface area contributed by atoms with Gasteiger partial charge < -0.3 is 9.80 Å². The van der Waals surface area contributed by atoms with E-state index in [-0.39, 0.29) is 17.5 Å². The van der Waals surface area contributed by atoms with E-state index in [0.29, 0.717) is 31.9 Å². The summed E-state index contributed by atoms with van der Waals surface area (Å²) in [7, 11) is 0. The zero-order valence-electron chi connectivity index (χ0n) is 16.0. The molecule has 2 heterocycles. The monoisotopic (exact) mass is 430 g/mol. The Morgan fingerprint density at radius 2 is 1.82 bits per heavy atom. The van der Waals surface area contributed by atoms with Crippen molar-refractivity contribution in [3.8, 4) is 0 Å². The maximum atomic E-state index is 13.6. The van der Waals surface area contributed by atoms with E-state index in [9.17, 15) is 13.6 Å². The first-order chi connectivity index (χ1) is 13.1. The number of aryl methyl sites for hydroxylation is 1.